The van der Waals surface area contributed by atoms with Crippen LogP contribution in [0.15, 0.2) is 231 Å². The molecule has 0 saturated heterocycles. The number of fused-ring (bicyclic) bond motifs is 6. The van der Waals surface area contributed by atoms with Crippen molar-refractivity contribution in [2.75, 3.05) is 0 Å². The van der Waals surface area contributed by atoms with Crippen LogP contribution < -0.4 is 0 Å². The maximum Gasteiger partial charge on any atom is 0.417 e. The molecule has 5 nitrogen and oxygen atoms in total. The van der Waals surface area contributed by atoms with E-state index in [-0.39, 0.29) is 5.56 Å². The van der Waals surface area contributed by atoms with Crippen LogP contribution in [0.4, 0.5) is 13.2 Å². The second-order valence-corrected chi connectivity index (χ2v) is 18.9. The third-order valence-electron chi connectivity index (χ3n) is 14.1. The molecule has 0 saturated carbocycles. The average molecular weight is 964 g/mol. The van der Waals surface area contributed by atoms with Gasteiger partial charge in [0.1, 0.15) is 0 Å². The molecule has 74 heavy (non-hydrogen) atoms. The quantitative estimate of drug-likeness (QED) is 0.152. The summed E-state index contributed by atoms with van der Waals surface area (Å²) in [7, 11) is 0. The Bertz CT molecular complexity index is 4270. The Labute approximate surface area is 425 Å². The average Bonchev–Trinajstić information content (AvgIpc) is 3.95. The number of benzene rings is 10. The second-order valence-electron chi connectivity index (χ2n) is 18.9. The lowest BCUT2D eigenvalue weighted by Crippen LogP contribution is -2.11. The summed E-state index contributed by atoms with van der Waals surface area (Å²) in [6, 6.07) is 75.0. The van der Waals surface area contributed by atoms with Gasteiger partial charge >= 0.3 is 6.18 Å². The Balaban J connectivity index is 1.13. The van der Waals surface area contributed by atoms with Crippen LogP contribution >= 0.6 is 0 Å². The zero-order chi connectivity index (χ0) is 50.1. The topological polar surface area (TPSA) is 48.5 Å². The van der Waals surface area contributed by atoms with Gasteiger partial charge in [-0.15, -0.1) is 0 Å². The first-order valence-electron chi connectivity index (χ1n) is 24.6. The van der Waals surface area contributed by atoms with E-state index in [4.69, 9.17) is 15.0 Å². The Hall–Kier alpha value is -9.40. The third-order valence-corrected chi connectivity index (χ3v) is 14.1. The second kappa shape index (κ2) is 17.7. The Morgan fingerprint density at radius 3 is 1.26 bits per heavy atom. The van der Waals surface area contributed by atoms with Crippen LogP contribution in [0.5, 0.6) is 0 Å². The fourth-order valence-electron chi connectivity index (χ4n) is 10.7. The lowest BCUT2D eigenvalue weighted by molar-refractivity contribution is -0.137. The van der Waals surface area contributed by atoms with Crippen molar-refractivity contribution in [2.24, 2.45) is 0 Å². The third kappa shape index (κ3) is 7.70. The van der Waals surface area contributed by atoms with E-state index in [1.807, 2.05) is 144 Å². The van der Waals surface area contributed by atoms with Gasteiger partial charge in [0.2, 0.25) is 0 Å². The van der Waals surface area contributed by atoms with Crippen LogP contribution in [-0.4, -0.2) is 24.1 Å². The highest BCUT2D eigenvalue weighted by Gasteiger charge is 2.37. The summed E-state index contributed by atoms with van der Waals surface area (Å²) < 4.78 is 53.1. The molecule has 0 aliphatic carbocycles. The molecule has 0 radical (unpaired) electrons. The van der Waals surface area contributed by atoms with Crippen molar-refractivity contribution in [3.63, 3.8) is 0 Å². The predicted octanol–water partition coefficient (Wildman–Crippen LogP) is 17.7. The van der Waals surface area contributed by atoms with E-state index in [2.05, 4.69) is 97.3 Å². The zero-order valence-corrected chi connectivity index (χ0v) is 40.3. The molecule has 13 aromatic rings. The molecule has 0 unspecified atom stereocenters. The number of alkyl halides is 3. The number of para-hydroxylation sites is 2. The lowest BCUT2D eigenvalue weighted by atomic mass is 9.93. The first-order chi connectivity index (χ1) is 36.1. The van der Waals surface area contributed by atoms with Crippen LogP contribution in [0, 0.1) is 13.8 Å². The molecule has 0 amide bonds. The normalized spacial score (nSPS) is 11.9. The van der Waals surface area contributed by atoms with Crippen molar-refractivity contribution in [2.45, 2.75) is 20.0 Å². The number of halogens is 3. The summed E-state index contributed by atoms with van der Waals surface area (Å²) in [6.07, 6.45) is -4.77. The molecule has 0 aliphatic rings. The minimum absolute atomic E-state index is 0.0187. The van der Waals surface area contributed by atoms with Crippen molar-refractivity contribution >= 4 is 43.6 Å². The van der Waals surface area contributed by atoms with Crippen molar-refractivity contribution < 1.29 is 13.2 Å². The molecule has 0 aliphatic heterocycles. The molecular formula is C66H44F3N5. The van der Waals surface area contributed by atoms with Gasteiger partial charge in [-0.3, -0.25) is 0 Å². The molecule has 0 atom stereocenters. The van der Waals surface area contributed by atoms with Gasteiger partial charge in [0.05, 0.1) is 39.0 Å². The van der Waals surface area contributed by atoms with E-state index in [0.717, 1.165) is 88.1 Å². The SMILES string of the molecule is Cc1cccc(-c2ccc3c(c2)c2ccccc2n3-c2ccc(-c3nc(-c4ccccc4)nc(-c4ccccc4)n3)cc2-c2c(-n3c4ccccc4c4cc(-c5cccc(C)c5)ccc43)cccc2C(F)(F)F)c1. The number of hydrogen-bond acceptors (Lipinski definition) is 3. The van der Waals surface area contributed by atoms with Gasteiger partial charge in [0.15, 0.2) is 17.5 Å². The number of hydrogen-bond donors (Lipinski definition) is 0. The molecule has 0 bridgehead atoms. The highest BCUT2D eigenvalue weighted by Crippen LogP contribution is 2.48. The van der Waals surface area contributed by atoms with E-state index in [1.165, 1.54) is 12.1 Å². The molecule has 354 valence electrons. The lowest BCUT2D eigenvalue weighted by Gasteiger charge is -2.23. The number of rotatable bonds is 8. The molecule has 3 aromatic heterocycles. The molecule has 0 spiro atoms. The van der Waals surface area contributed by atoms with Gasteiger partial charge in [-0.25, -0.2) is 15.0 Å². The summed E-state index contributed by atoms with van der Waals surface area (Å²) >= 11 is 0. The minimum Gasteiger partial charge on any atom is -0.309 e. The van der Waals surface area contributed by atoms with E-state index >= 15 is 13.2 Å². The highest BCUT2D eigenvalue weighted by atomic mass is 19.4. The maximum absolute atomic E-state index is 16.3. The monoisotopic (exact) mass is 963 g/mol. The van der Waals surface area contributed by atoms with Gasteiger partial charge in [-0.1, -0.05) is 175 Å². The number of aromatic nitrogens is 5. The first-order valence-corrected chi connectivity index (χ1v) is 24.6. The maximum atomic E-state index is 16.3. The van der Waals surface area contributed by atoms with E-state index in [1.54, 1.807) is 0 Å². The largest absolute Gasteiger partial charge is 0.417 e. The molecular weight excluding hydrogens is 920 g/mol. The number of nitrogens with zero attached hydrogens (tertiary/aromatic N) is 5. The van der Waals surface area contributed by atoms with Crippen LogP contribution in [0.25, 0.3) is 123 Å². The summed E-state index contributed by atoms with van der Waals surface area (Å²) in [5.74, 6) is 1.21. The smallest absolute Gasteiger partial charge is 0.309 e. The van der Waals surface area contributed by atoms with E-state index in [9.17, 15) is 0 Å². The van der Waals surface area contributed by atoms with E-state index in [0.29, 0.717) is 40.0 Å². The molecule has 8 heteroatoms. The Morgan fingerprint density at radius 1 is 0.324 bits per heavy atom. The van der Waals surface area contributed by atoms with Crippen molar-refractivity contribution in [3.8, 4) is 78.9 Å². The fourth-order valence-corrected chi connectivity index (χ4v) is 10.7. The zero-order valence-electron chi connectivity index (χ0n) is 40.3. The highest BCUT2D eigenvalue weighted by molar-refractivity contribution is 6.13. The van der Waals surface area contributed by atoms with Crippen molar-refractivity contribution in [1.29, 1.82) is 0 Å². The molecule has 3 heterocycles. The molecule has 10 aromatic carbocycles. The van der Waals surface area contributed by atoms with Gasteiger partial charge in [0.25, 0.3) is 0 Å². The van der Waals surface area contributed by atoms with E-state index < -0.39 is 11.7 Å². The molecule has 0 N–H and O–H groups in total. The Kier molecular flexibility index (Phi) is 10.7. The Morgan fingerprint density at radius 2 is 0.743 bits per heavy atom. The van der Waals surface area contributed by atoms with Crippen LogP contribution in [0.2, 0.25) is 0 Å². The summed E-state index contributed by atoms with van der Waals surface area (Å²) in [5.41, 5.74) is 12.3. The van der Waals surface area contributed by atoms with Crippen LogP contribution in [-0.2, 0) is 6.18 Å². The minimum atomic E-state index is -4.77. The van der Waals surface area contributed by atoms with Gasteiger partial charge in [0, 0.05) is 49.4 Å². The van der Waals surface area contributed by atoms with Crippen LogP contribution in [0.3, 0.4) is 0 Å². The first kappa shape index (κ1) is 44.5. The summed E-state index contributed by atoms with van der Waals surface area (Å²) in [6.45, 7) is 4.15. The molecule has 13 rings (SSSR count). The summed E-state index contributed by atoms with van der Waals surface area (Å²) in [5, 5.41) is 3.80. The fraction of sp³-hybridized carbons (Fsp3) is 0.0455. The molecule has 0 fully saturated rings. The predicted molar refractivity (Wildman–Crippen MR) is 296 cm³/mol. The van der Waals surface area contributed by atoms with Gasteiger partial charge < -0.3 is 9.13 Å². The standard InChI is InChI=1S/C66H44F3N5/c1-41-16-13-22-45(36-41)47-30-33-58-52(38-47)50-24-9-11-27-56(50)73(58)60-35-32-49(65-71-63(43-18-5-3-6-19-43)70-64(72-65)44-20-7-4-8-21-44)40-54(60)62-55(66(67,68)69)26-15-29-61(62)74-57-28-12-10-25-51(57)53-39-48(31-34-59(53)74)46-23-14-17-42(2)37-46/h3-40H,1-2H3. The summed E-state index contributed by atoms with van der Waals surface area (Å²) in [4.78, 5) is 15.1. The van der Waals surface area contributed by atoms with Gasteiger partial charge in [-0.05, 0) is 103 Å². The number of aryl methyl sites for hydroxylation is 2. The van der Waals surface area contributed by atoms with Crippen LogP contribution in [0.1, 0.15) is 16.7 Å². The van der Waals surface area contributed by atoms with Crippen molar-refractivity contribution in [3.05, 3.63) is 247 Å². The van der Waals surface area contributed by atoms with Crippen molar-refractivity contribution in [1.82, 2.24) is 24.1 Å². The van der Waals surface area contributed by atoms with Gasteiger partial charge in [-0.2, -0.15) is 13.2 Å².